The molecule has 2 atom stereocenters. The van der Waals surface area contributed by atoms with Crippen LogP contribution in [0.4, 0.5) is 0 Å². The van der Waals surface area contributed by atoms with Gasteiger partial charge in [0.2, 0.25) is 0 Å². The number of pyridine rings is 1. The van der Waals surface area contributed by atoms with E-state index in [1.807, 2.05) is 10.6 Å². The van der Waals surface area contributed by atoms with E-state index in [4.69, 9.17) is 4.74 Å². The topological polar surface area (TPSA) is 43.3 Å². The Labute approximate surface area is 120 Å². The maximum Gasteiger partial charge on any atom is 0.250 e. The largest absolute Gasteiger partial charge is 0.381 e. The zero-order valence-electron chi connectivity index (χ0n) is 12.2. The second kappa shape index (κ2) is 6.10. The summed E-state index contributed by atoms with van der Waals surface area (Å²) in [5, 5.41) is 3.55. The predicted molar refractivity (Wildman–Crippen MR) is 79.1 cm³/mol. The van der Waals surface area contributed by atoms with Gasteiger partial charge in [-0.3, -0.25) is 4.79 Å². The quantitative estimate of drug-likeness (QED) is 0.883. The van der Waals surface area contributed by atoms with Gasteiger partial charge in [0, 0.05) is 36.9 Å². The highest BCUT2D eigenvalue weighted by Crippen LogP contribution is 2.22. The fraction of sp³-hybridized carbons (Fsp3) is 0.688. The predicted octanol–water partition coefficient (Wildman–Crippen LogP) is 1.35. The van der Waals surface area contributed by atoms with E-state index in [0.717, 1.165) is 45.6 Å². The second-order valence-electron chi connectivity index (χ2n) is 5.90. The molecule has 1 N–H and O–H groups in total. The third-order valence-corrected chi connectivity index (χ3v) is 4.63. The second-order valence-corrected chi connectivity index (χ2v) is 5.90. The summed E-state index contributed by atoms with van der Waals surface area (Å²) in [5.41, 5.74) is 2.77. The van der Waals surface area contributed by atoms with E-state index in [1.54, 1.807) is 6.07 Å². The average Bonchev–Trinajstić information content (AvgIpc) is 3.11. The van der Waals surface area contributed by atoms with Crippen LogP contribution < -0.4 is 10.9 Å². The summed E-state index contributed by atoms with van der Waals surface area (Å²) in [6, 6.07) is 4.09. The van der Waals surface area contributed by atoms with Gasteiger partial charge in [-0.2, -0.15) is 0 Å². The van der Waals surface area contributed by atoms with Crippen molar-refractivity contribution >= 4 is 0 Å². The molecule has 0 saturated carbocycles. The third kappa shape index (κ3) is 2.67. The summed E-state index contributed by atoms with van der Waals surface area (Å²) >= 11 is 0. The zero-order valence-corrected chi connectivity index (χ0v) is 12.2. The van der Waals surface area contributed by atoms with Gasteiger partial charge in [-0.1, -0.05) is 13.0 Å². The van der Waals surface area contributed by atoms with Crippen LogP contribution in [-0.2, 0) is 24.1 Å². The number of rotatable bonds is 5. The van der Waals surface area contributed by atoms with Crippen LogP contribution in [-0.4, -0.2) is 30.4 Å². The summed E-state index contributed by atoms with van der Waals surface area (Å²) in [6.45, 7) is 5.52. The van der Waals surface area contributed by atoms with Crippen LogP contribution in [0.3, 0.4) is 0 Å². The lowest BCUT2D eigenvalue weighted by atomic mass is 9.98. The lowest BCUT2D eigenvalue weighted by Gasteiger charge is -2.25. The van der Waals surface area contributed by atoms with Crippen molar-refractivity contribution in [2.75, 3.05) is 19.8 Å². The van der Waals surface area contributed by atoms with Gasteiger partial charge in [0.15, 0.2) is 0 Å². The Morgan fingerprint density at radius 2 is 2.35 bits per heavy atom. The van der Waals surface area contributed by atoms with Gasteiger partial charge in [0.05, 0.1) is 6.61 Å². The minimum atomic E-state index is 0.146. The van der Waals surface area contributed by atoms with Crippen LogP contribution in [0.15, 0.2) is 16.9 Å². The van der Waals surface area contributed by atoms with Crippen LogP contribution >= 0.6 is 0 Å². The average molecular weight is 276 g/mol. The molecule has 0 spiro atoms. The highest BCUT2D eigenvalue weighted by Gasteiger charge is 2.27. The SMILES string of the molecule is CCNC(Cn1c2c(ccc1=O)CCC2)C1CCOC1. The zero-order chi connectivity index (χ0) is 13.9. The third-order valence-electron chi connectivity index (χ3n) is 4.63. The first-order valence-electron chi connectivity index (χ1n) is 7.82. The summed E-state index contributed by atoms with van der Waals surface area (Å²) in [4.78, 5) is 12.2. The highest BCUT2D eigenvalue weighted by atomic mass is 16.5. The van der Waals surface area contributed by atoms with Crippen molar-refractivity contribution in [3.8, 4) is 0 Å². The number of ether oxygens (including phenoxy) is 1. The molecule has 4 nitrogen and oxygen atoms in total. The van der Waals surface area contributed by atoms with Crippen LogP contribution in [0, 0.1) is 5.92 Å². The summed E-state index contributed by atoms with van der Waals surface area (Å²) in [6.07, 6.45) is 4.44. The van der Waals surface area contributed by atoms with E-state index in [0.29, 0.717) is 12.0 Å². The Hall–Kier alpha value is -1.13. The van der Waals surface area contributed by atoms with Crippen molar-refractivity contribution in [3.63, 3.8) is 0 Å². The van der Waals surface area contributed by atoms with E-state index in [1.165, 1.54) is 17.7 Å². The first-order valence-corrected chi connectivity index (χ1v) is 7.82. The molecule has 1 aromatic heterocycles. The van der Waals surface area contributed by atoms with Gasteiger partial charge >= 0.3 is 0 Å². The number of fused-ring (bicyclic) bond motifs is 1. The molecule has 1 aromatic rings. The molecule has 4 heteroatoms. The molecule has 110 valence electrons. The van der Waals surface area contributed by atoms with Gasteiger partial charge in [0.25, 0.3) is 5.56 Å². The first kappa shape index (κ1) is 13.8. The van der Waals surface area contributed by atoms with Gasteiger partial charge in [0.1, 0.15) is 0 Å². The maximum atomic E-state index is 12.2. The van der Waals surface area contributed by atoms with Gasteiger partial charge in [-0.05, 0) is 37.8 Å². The number of nitrogens with zero attached hydrogens (tertiary/aromatic N) is 1. The molecule has 0 bridgehead atoms. The fourth-order valence-electron chi connectivity index (χ4n) is 3.54. The smallest absolute Gasteiger partial charge is 0.250 e. The van der Waals surface area contributed by atoms with Crippen molar-refractivity contribution in [2.24, 2.45) is 5.92 Å². The molecular weight excluding hydrogens is 252 g/mol. The van der Waals surface area contributed by atoms with Crippen molar-refractivity contribution in [3.05, 3.63) is 33.7 Å². The van der Waals surface area contributed by atoms with Gasteiger partial charge in [-0.25, -0.2) is 0 Å². The molecule has 20 heavy (non-hydrogen) atoms. The first-order chi connectivity index (χ1) is 9.79. The summed E-state index contributed by atoms with van der Waals surface area (Å²) < 4.78 is 7.53. The molecule has 1 saturated heterocycles. The van der Waals surface area contributed by atoms with Crippen molar-refractivity contribution in [1.82, 2.24) is 9.88 Å². The molecule has 2 unspecified atom stereocenters. The van der Waals surface area contributed by atoms with E-state index >= 15 is 0 Å². The van der Waals surface area contributed by atoms with Crippen molar-refractivity contribution in [2.45, 2.75) is 45.2 Å². The van der Waals surface area contributed by atoms with Crippen LogP contribution in [0.25, 0.3) is 0 Å². The molecule has 1 fully saturated rings. The number of aromatic nitrogens is 1. The number of aryl methyl sites for hydroxylation is 1. The molecule has 2 aliphatic rings. The highest BCUT2D eigenvalue weighted by molar-refractivity contribution is 5.25. The Morgan fingerprint density at radius 3 is 3.10 bits per heavy atom. The number of nitrogens with one attached hydrogen (secondary N) is 1. The number of hydrogen-bond acceptors (Lipinski definition) is 3. The monoisotopic (exact) mass is 276 g/mol. The van der Waals surface area contributed by atoms with Crippen LogP contribution in [0.5, 0.6) is 0 Å². The van der Waals surface area contributed by atoms with E-state index < -0.39 is 0 Å². The van der Waals surface area contributed by atoms with E-state index in [9.17, 15) is 4.79 Å². The molecule has 3 rings (SSSR count). The summed E-state index contributed by atoms with van der Waals surface area (Å²) in [7, 11) is 0. The number of hydrogen-bond donors (Lipinski definition) is 1. The Kier molecular flexibility index (Phi) is 4.22. The van der Waals surface area contributed by atoms with Gasteiger partial charge in [-0.15, -0.1) is 0 Å². The van der Waals surface area contributed by atoms with Gasteiger partial charge < -0.3 is 14.6 Å². The summed E-state index contributed by atoms with van der Waals surface area (Å²) in [5.74, 6) is 0.527. The molecule has 0 aromatic carbocycles. The minimum absolute atomic E-state index is 0.146. The number of likely N-dealkylation sites (N-methyl/N-ethyl adjacent to an activating group) is 1. The molecule has 0 radical (unpaired) electrons. The Balaban J connectivity index is 1.85. The lowest BCUT2D eigenvalue weighted by molar-refractivity contribution is 0.173. The standard InChI is InChI=1S/C16H24N2O2/c1-2-17-14(13-8-9-20-11-13)10-18-15-5-3-4-12(15)6-7-16(18)19/h6-7,13-14,17H,2-5,8-11H2,1H3. The molecule has 1 aliphatic heterocycles. The molecular formula is C16H24N2O2. The van der Waals surface area contributed by atoms with Crippen LogP contribution in [0.2, 0.25) is 0 Å². The van der Waals surface area contributed by atoms with Crippen LogP contribution in [0.1, 0.15) is 31.0 Å². The molecule has 1 aliphatic carbocycles. The fourth-order valence-corrected chi connectivity index (χ4v) is 3.54. The minimum Gasteiger partial charge on any atom is -0.381 e. The normalized spacial score (nSPS) is 22.9. The van der Waals surface area contributed by atoms with Crippen molar-refractivity contribution < 1.29 is 4.74 Å². The Morgan fingerprint density at radius 1 is 1.45 bits per heavy atom. The van der Waals surface area contributed by atoms with E-state index in [2.05, 4.69) is 12.2 Å². The maximum absolute atomic E-state index is 12.2. The van der Waals surface area contributed by atoms with E-state index in [-0.39, 0.29) is 5.56 Å². The lowest BCUT2D eigenvalue weighted by Crippen LogP contribution is -2.42. The molecule has 0 amide bonds. The van der Waals surface area contributed by atoms with Crippen molar-refractivity contribution in [1.29, 1.82) is 0 Å². The Bertz CT molecular complexity index is 518. The molecule has 2 heterocycles.